The highest BCUT2D eigenvalue weighted by atomic mass is 32.2. The number of nitrogens with one attached hydrogen (secondary N) is 2. The number of thioether (sulfide) groups is 1. The highest BCUT2D eigenvalue weighted by Gasteiger charge is 2.31. The normalized spacial score (nSPS) is 16.9. The van der Waals surface area contributed by atoms with Gasteiger partial charge in [0.1, 0.15) is 11.5 Å². The maximum Gasteiger partial charge on any atom is 0.387 e. The van der Waals surface area contributed by atoms with Crippen LogP contribution in [0.4, 0.5) is 8.78 Å². The lowest BCUT2D eigenvalue weighted by Gasteiger charge is -2.36. The second-order valence-corrected chi connectivity index (χ2v) is 7.41. The van der Waals surface area contributed by atoms with Gasteiger partial charge >= 0.3 is 6.61 Å². The number of hydrogen-bond acceptors (Lipinski definition) is 5. The van der Waals surface area contributed by atoms with E-state index < -0.39 is 6.61 Å². The van der Waals surface area contributed by atoms with Gasteiger partial charge < -0.3 is 24.8 Å². The molecule has 1 fully saturated rings. The Morgan fingerprint density at radius 3 is 2.67 bits per heavy atom. The minimum atomic E-state index is -2.88. The Bertz CT molecular complexity index is 626. The molecule has 1 aromatic rings. The summed E-state index contributed by atoms with van der Waals surface area (Å²) in [6, 6.07) is 4.73. The van der Waals surface area contributed by atoms with Gasteiger partial charge in [-0.2, -0.15) is 20.5 Å². The second kappa shape index (κ2) is 10.6. The SMILES string of the molecule is CN=C(NCc1cc(OC)ccc1OC(F)F)NCC1(SC)CCOCC1. The van der Waals surface area contributed by atoms with Crippen LogP contribution in [0.15, 0.2) is 23.2 Å². The minimum absolute atomic E-state index is 0.107. The summed E-state index contributed by atoms with van der Waals surface area (Å²) in [6.07, 6.45) is 4.05. The van der Waals surface area contributed by atoms with E-state index in [4.69, 9.17) is 9.47 Å². The van der Waals surface area contributed by atoms with E-state index in [-0.39, 0.29) is 17.0 Å². The van der Waals surface area contributed by atoms with Crippen molar-refractivity contribution in [1.82, 2.24) is 10.6 Å². The molecular formula is C18H27F2N3O3S. The third kappa shape index (κ3) is 6.42. The predicted octanol–water partition coefficient (Wildman–Crippen LogP) is 2.87. The summed E-state index contributed by atoms with van der Waals surface area (Å²) in [5.41, 5.74) is 0.559. The van der Waals surface area contributed by atoms with Crippen LogP contribution in [0.5, 0.6) is 11.5 Å². The zero-order chi connectivity index (χ0) is 19.7. The van der Waals surface area contributed by atoms with Crippen LogP contribution in [0.1, 0.15) is 18.4 Å². The first-order valence-corrected chi connectivity index (χ1v) is 9.93. The molecule has 0 aromatic heterocycles. The predicted molar refractivity (Wildman–Crippen MR) is 104 cm³/mol. The van der Waals surface area contributed by atoms with Crippen molar-refractivity contribution < 1.29 is 23.0 Å². The molecule has 0 amide bonds. The lowest BCUT2D eigenvalue weighted by Crippen LogP contribution is -2.47. The fourth-order valence-electron chi connectivity index (χ4n) is 2.87. The Morgan fingerprint density at radius 2 is 2.07 bits per heavy atom. The standard InChI is InChI=1S/C18H27F2N3O3S/c1-21-17(23-12-18(27-3)6-8-25-9-7-18)22-11-13-10-14(24-2)4-5-15(13)26-16(19)20/h4-5,10,16H,6-9,11-12H2,1-3H3,(H2,21,22,23). The molecule has 27 heavy (non-hydrogen) atoms. The van der Waals surface area contributed by atoms with Crippen molar-refractivity contribution in [3.05, 3.63) is 23.8 Å². The zero-order valence-corrected chi connectivity index (χ0v) is 16.7. The molecule has 0 aliphatic carbocycles. The number of benzene rings is 1. The number of rotatable bonds is 8. The highest BCUT2D eigenvalue weighted by Crippen LogP contribution is 2.33. The molecule has 1 aliphatic heterocycles. The average Bonchev–Trinajstić information content (AvgIpc) is 2.69. The number of guanidine groups is 1. The van der Waals surface area contributed by atoms with Gasteiger partial charge in [-0.1, -0.05) is 0 Å². The van der Waals surface area contributed by atoms with E-state index in [9.17, 15) is 8.78 Å². The van der Waals surface area contributed by atoms with Gasteiger partial charge in [-0.25, -0.2) is 0 Å². The molecule has 0 radical (unpaired) electrons. The van der Waals surface area contributed by atoms with E-state index in [0.717, 1.165) is 32.6 Å². The van der Waals surface area contributed by atoms with E-state index in [1.807, 2.05) is 11.8 Å². The number of alkyl halides is 2. The molecule has 1 saturated heterocycles. The van der Waals surface area contributed by atoms with Crippen LogP contribution in [-0.2, 0) is 11.3 Å². The van der Waals surface area contributed by atoms with Gasteiger partial charge in [0.05, 0.1) is 7.11 Å². The quantitative estimate of drug-likeness (QED) is 0.514. The molecule has 1 aliphatic rings. The third-order valence-electron chi connectivity index (χ3n) is 4.57. The van der Waals surface area contributed by atoms with Crippen LogP contribution < -0.4 is 20.1 Å². The van der Waals surface area contributed by atoms with Crippen molar-refractivity contribution >= 4 is 17.7 Å². The molecular weight excluding hydrogens is 376 g/mol. The van der Waals surface area contributed by atoms with E-state index in [2.05, 4.69) is 26.6 Å². The van der Waals surface area contributed by atoms with Crippen LogP contribution in [0, 0.1) is 0 Å². The van der Waals surface area contributed by atoms with Crippen molar-refractivity contribution in [1.29, 1.82) is 0 Å². The summed E-state index contributed by atoms with van der Waals surface area (Å²) in [5.74, 6) is 1.28. The van der Waals surface area contributed by atoms with Crippen LogP contribution in [-0.4, -0.2) is 57.5 Å². The first-order valence-electron chi connectivity index (χ1n) is 8.71. The minimum Gasteiger partial charge on any atom is -0.497 e. The lowest BCUT2D eigenvalue weighted by atomic mass is 9.99. The number of methoxy groups -OCH3 is 1. The Kier molecular flexibility index (Phi) is 8.43. The van der Waals surface area contributed by atoms with Crippen molar-refractivity contribution in [2.45, 2.75) is 30.7 Å². The number of hydrogen-bond donors (Lipinski definition) is 2. The fourth-order valence-corrected chi connectivity index (χ4v) is 3.66. The average molecular weight is 403 g/mol. The molecule has 0 atom stereocenters. The maximum atomic E-state index is 12.6. The lowest BCUT2D eigenvalue weighted by molar-refractivity contribution is -0.0505. The molecule has 0 unspecified atom stereocenters. The summed E-state index contributed by atoms with van der Waals surface area (Å²) in [7, 11) is 3.20. The molecule has 1 aromatic carbocycles. The molecule has 2 rings (SSSR count). The number of nitrogens with zero attached hydrogens (tertiary/aromatic N) is 1. The van der Waals surface area contributed by atoms with Gasteiger partial charge in [0.25, 0.3) is 0 Å². The third-order valence-corrected chi connectivity index (χ3v) is 5.99. The van der Waals surface area contributed by atoms with Gasteiger partial charge in [0, 0.05) is 43.7 Å². The molecule has 1 heterocycles. The number of aliphatic imine (C=N–C) groups is 1. The molecule has 9 heteroatoms. The highest BCUT2D eigenvalue weighted by molar-refractivity contribution is 8.00. The zero-order valence-electron chi connectivity index (χ0n) is 15.9. The van der Waals surface area contributed by atoms with Crippen LogP contribution >= 0.6 is 11.8 Å². The van der Waals surface area contributed by atoms with Crippen LogP contribution in [0.2, 0.25) is 0 Å². The molecule has 2 N–H and O–H groups in total. The topological polar surface area (TPSA) is 64.1 Å². The van der Waals surface area contributed by atoms with Crippen molar-refractivity contribution in [3.8, 4) is 11.5 Å². The molecule has 0 spiro atoms. The second-order valence-electron chi connectivity index (χ2n) is 6.13. The van der Waals surface area contributed by atoms with Crippen molar-refractivity contribution in [2.24, 2.45) is 4.99 Å². The summed E-state index contributed by atoms with van der Waals surface area (Å²) < 4.78 is 40.6. The van der Waals surface area contributed by atoms with Crippen LogP contribution in [0.3, 0.4) is 0 Å². The maximum absolute atomic E-state index is 12.6. The number of ether oxygens (including phenoxy) is 3. The van der Waals surface area contributed by atoms with Crippen molar-refractivity contribution in [2.75, 3.05) is 40.2 Å². The van der Waals surface area contributed by atoms with Gasteiger partial charge in [-0.05, 0) is 37.3 Å². The largest absolute Gasteiger partial charge is 0.497 e. The van der Waals surface area contributed by atoms with Gasteiger partial charge in [0.15, 0.2) is 5.96 Å². The smallest absolute Gasteiger partial charge is 0.387 e. The Labute approximate surface area is 163 Å². The molecule has 0 saturated carbocycles. The first kappa shape index (κ1) is 21.6. The van der Waals surface area contributed by atoms with E-state index in [0.29, 0.717) is 17.3 Å². The van der Waals surface area contributed by atoms with E-state index in [1.54, 1.807) is 19.2 Å². The summed E-state index contributed by atoms with van der Waals surface area (Å²) >= 11 is 1.83. The van der Waals surface area contributed by atoms with Gasteiger partial charge in [-0.15, -0.1) is 0 Å². The summed E-state index contributed by atoms with van der Waals surface area (Å²) in [4.78, 5) is 4.22. The Morgan fingerprint density at radius 1 is 1.33 bits per heavy atom. The fraction of sp³-hybridized carbons (Fsp3) is 0.611. The van der Waals surface area contributed by atoms with Crippen LogP contribution in [0.25, 0.3) is 0 Å². The number of halogens is 2. The van der Waals surface area contributed by atoms with E-state index >= 15 is 0 Å². The molecule has 0 bridgehead atoms. The summed E-state index contributed by atoms with van der Waals surface area (Å²) in [5, 5.41) is 6.48. The van der Waals surface area contributed by atoms with Crippen molar-refractivity contribution in [3.63, 3.8) is 0 Å². The first-order chi connectivity index (χ1) is 13.0. The molecule has 152 valence electrons. The summed E-state index contributed by atoms with van der Waals surface area (Å²) in [6.45, 7) is -0.354. The van der Waals surface area contributed by atoms with Gasteiger partial charge in [0.2, 0.25) is 0 Å². The van der Waals surface area contributed by atoms with E-state index in [1.165, 1.54) is 13.2 Å². The Balaban J connectivity index is 1.98. The molecule has 6 nitrogen and oxygen atoms in total. The Hall–Kier alpha value is -1.74. The monoisotopic (exact) mass is 403 g/mol. The van der Waals surface area contributed by atoms with Gasteiger partial charge in [-0.3, -0.25) is 4.99 Å².